The lowest BCUT2D eigenvalue weighted by Gasteiger charge is -2.27. The van der Waals surface area contributed by atoms with Crippen LogP contribution in [0, 0.1) is 0 Å². The average molecular weight is 720 g/mol. The fourth-order valence-corrected chi connectivity index (χ4v) is 9.37. The SMILES string of the molecule is c1cc(-c2cccc(N(c3ccc(-c4ccc5oc6ccccc6c5c4)cc3)c3cccc4sc5ccccc5c34)c2)cc(-c2cccc3ccccc23)c1. The Morgan fingerprint density at radius 2 is 1.00 bits per heavy atom. The summed E-state index contributed by atoms with van der Waals surface area (Å²) in [6.45, 7) is 0. The van der Waals surface area contributed by atoms with E-state index in [1.54, 1.807) is 0 Å². The zero-order valence-electron chi connectivity index (χ0n) is 29.8. The largest absolute Gasteiger partial charge is 0.456 e. The van der Waals surface area contributed by atoms with Gasteiger partial charge in [-0.1, -0.05) is 133 Å². The maximum atomic E-state index is 6.13. The predicted octanol–water partition coefficient (Wildman–Crippen LogP) is 15.6. The number of nitrogens with zero attached hydrogens (tertiary/aromatic N) is 1. The molecule has 0 aliphatic carbocycles. The van der Waals surface area contributed by atoms with Crippen LogP contribution in [-0.2, 0) is 0 Å². The molecule has 3 heteroatoms. The standard InChI is InChI=1S/C52H33NOS/c1-2-17-42-35(11-1)12-9-20-43(42)39-15-7-13-36(31-39)37-14-8-16-41(32-37)53(47-21-10-24-51-52(47)45-19-4-6-23-50(45)55-51)40-28-25-34(26-29-40)38-27-30-49-46(33-38)44-18-3-5-22-48(44)54-49/h1-33H. The molecular weight excluding hydrogens is 687 g/mol. The van der Waals surface area contributed by atoms with Gasteiger partial charge in [-0.05, 0) is 111 Å². The summed E-state index contributed by atoms with van der Waals surface area (Å²) in [4.78, 5) is 2.43. The third-order valence-electron chi connectivity index (χ3n) is 10.9. The molecule has 9 aromatic carbocycles. The molecule has 2 nitrogen and oxygen atoms in total. The molecule has 2 aromatic heterocycles. The third kappa shape index (κ3) is 5.40. The third-order valence-corrected chi connectivity index (χ3v) is 12.0. The van der Waals surface area contributed by atoms with Gasteiger partial charge >= 0.3 is 0 Å². The van der Waals surface area contributed by atoms with Gasteiger partial charge in [0.1, 0.15) is 11.2 Å². The van der Waals surface area contributed by atoms with E-state index in [0.29, 0.717) is 0 Å². The van der Waals surface area contributed by atoms with Crippen LogP contribution in [0.3, 0.4) is 0 Å². The summed E-state index contributed by atoms with van der Waals surface area (Å²) in [5.41, 5.74) is 12.3. The van der Waals surface area contributed by atoms with Gasteiger partial charge in [-0.2, -0.15) is 0 Å². The second-order valence-corrected chi connectivity index (χ2v) is 15.2. The highest BCUT2D eigenvalue weighted by Crippen LogP contribution is 2.46. The minimum atomic E-state index is 0.909. The summed E-state index contributed by atoms with van der Waals surface area (Å²) in [6.07, 6.45) is 0. The molecule has 0 radical (unpaired) electrons. The van der Waals surface area contributed by atoms with Crippen molar-refractivity contribution in [2.45, 2.75) is 0 Å². The molecule has 0 unspecified atom stereocenters. The molecule has 55 heavy (non-hydrogen) atoms. The Kier molecular flexibility index (Phi) is 7.39. The van der Waals surface area contributed by atoms with Crippen molar-refractivity contribution in [3.8, 4) is 33.4 Å². The summed E-state index contributed by atoms with van der Waals surface area (Å²) in [7, 11) is 0. The van der Waals surface area contributed by atoms with Crippen LogP contribution in [0.15, 0.2) is 205 Å². The molecule has 0 saturated heterocycles. The van der Waals surface area contributed by atoms with Crippen LogP contribution in [0.4, 0.5) is 17.1 Å². The van der Waals surface area contributed by atoms with E-state index in [-0.39, 0.29) is 0 Å². The van der Waals surface area contributed by atoms with Crippen LogP contribution in [0.25, 0.3) is 86.3 Å². The van der Waals surface area contributed by atoms with Crippen molar-refractivity contribution in [2.75, 3.05) is 4.90 Å². The van der Waals surface area contributed by atoms with Gasteiger partial charge in [0.15, 0.2) is 0 Å². The first-order valence-corrected chi connectivity index (χ1v) is 19.5. The molecule has 0 saturated carbocycles. The highest BCUT2D eigenvalue weighted by atomic mass is 32.1. The molecule has 0 spiro atoms. The zero-order valence-corrected chi connectivity index (χ0v) is 30.6. The molecule has 0 aliphatic heterocycles. The minimum absolute atomic E-state index is 0.909. The summed E-state index contributed by atoms with van der Waals surface area (Å²) in [5, 5.41) is 7.34. The van der Waals surface area contributed by atoms with E-state index in [0.717, 1.165) is 50.1 Å². The van der Waals surface area contributed by atoms with E-state index < -0.39 is 0 Å². The molecule has 0 aliphatic rings. The number of benzene rings is 9. The van der Waals surface area contributed by atoms with Crippen molar-refractivity contribution < 1.29 is 4.42 Å². The van der Waals surface area contributed by atoms with E-state index in [2.05, 4.69) is 193 Å². The Balaban J connectivity index is 1.05. The van der Waals surface area contributed by atoms with Gasteiger partial charge < -0.3 is 9.32 Å². The monoisotopic (exact) mass is 719 g/mol. The molecule has 2 heterocycles. The van der Waals surface area contributed by atoms with Crippen molar-refractivity contribution in [3.63, 3.8) is 0 Å². The maximum Gasteiger partial charge on any atom is 0.135 e. The van der Waals surface area contributed by atoms with Crippen LogP contribution >= 0.6 is 11.3 Å². The molecule has 0 fully saturated rings. The normalized spacial score (nSPS) is 11.6. The van der Waals surface area contributed by atoms with Gasteiger partial charge in [0.25, 0.3) is 0 Å². The number of hydrogen-bond donors (Lipinski definition) is 0. The van der Waals surface area contributed by atoms with Crippen molar-refractivity contribution in [3.05, 3.63) is 200 Å². The smallest absolute Gasteiger partial charge is 0.135 e. The van der Waals surface area contributed by atoms with Crippen LogP contribution in [0.5, 0.6) is 0 Å². The molecule has 0 bridgehead atoms. The van der Waals surface area contributed by atoms with E-state index in [1.165, 1.54) is 53.2 Å². The number of thiophene rings is 1. The highest BCUT2D eigenvalue weighted by molar-refractivity contribution is 7.26. The second-order valence-electron chi connectivity index (χ2n) is 14.1. The summed E-state index contributed by atoms with van der Waals surface area (Å²) >= 11 is 1.85. The molecule has 0 N–H and O–H groups in total. The van der Waals surface area contributed by atoms with Crippen molar-refractivity contribution in [2.24, 2.45) is 0 Å². The Morgan fingerprint density at radius 1 is 0.364 bits per heavy atom. The summed E-state index contributed by atoms with van der Waals surface area (Å²) < 4.78 is 8.70. The molecule has 11 aromatic rings. The predicted molar refractivity (Wildman–Crippen MR) is 235 cm³/mol. The van der Waals surface area contributed by atoms with E-state index >= 15 is 0 Å². The second kappa shape index (κ2) is 12.9. The van der Waals surface area contributed by atoms with Gasteiger partial charge in [-0.25, -0.2) is 0 Å². The molecule has 0 atom stereocenters. The number of hydrogen-bond acceptors (Lipinski definition) is 3. The molecule has 258 valence electrons. The fourth-order valence-electron chi connectivity index (χ4n) is 8.25. The van der Waals surface area contributed by atoms with E-state index in [4.69, 9.17) is 4.42 Å². The number of para-hydroxylation sites is 1. The maximum absolute atomic E-state index is 6.13. The first kappa shape index (κ1) is 31.6. The van der Waals surface area contributed by atoms with Gasteiger partial charge in [-0.3, -0.25) is 0 Å². The van der Waals surface area contributed by atoms with Gasteiger partial charge in [-0.15, -0.1) is 11.3 Å². The van der Waals surface area contributed by atoms with Gasteiger partial charge in [0, 0.05) is 42.3 Å². The van der Waals surface area contributed by atoms with Crippen LogP contribution < -0.4 is 4.90 Å². The van der Waals surface area contributed by atoms with Crippen LogP contribution in [0.1, 0.15) is 0 Å². The number of fused-ring (bicyclic) bond motifs is 7. The van der Waals surface area contributed by atoms with Crippen LogP contribution in [0.2, 0.25) is 0 Å². The highest BCUT2D eigenvalue weighted by Gasteiger charge is 2.19. The molecule has 0 amide bonds. The zero-order chi connectivity index (χ0) is 36.3. The first-order valence-electron chi connectivity index (χ1n) is 18.7. The van der Waals surface area contributed by atoms with Crippen molar-refractivity contribution in [1.82, 2.24) is 0 Å². The molecule has 11 rings (SSSR count). The van der Waals surface area contributed by atoms with Gasteiger partial charge in [0.2, 0.25) is 0 Å². The fraction of sp³-hybridized carbons (Fsp3) is 0. The Bertz CT molecular complexity index is 3220. The molecular formula is C52H33NOS. The average Bonchev–Trinajstić information content (AvgIpc) is 3.83. The van der Waals surface area contributed by atoms with Gasteiger partial charge in [0.05, 0.1) is 5.69 Å². The lowest BCUT2D eigenvalue weighted by molar-refractivity contribution is 0.669. The first-order chi connectivity index (χ1) is 27.2. The Hall–Kier alpha value is -6.94. The lowest BCUT2D eigenvalue weighted by Crippen LogP contribution is -2.10. The number of furan rings is 1. The number of rotatable bonds is 6. The van der Waals surface area contributed by atoms with Crippen molar-refractivity contribution in [1.29, 1.82) is 0 Å². The van der Waals surface area contributed by atoms with Crippen molar-refractivity contribution >= 4 is 81.3 Å². The Morgan fingerprint density at radius 3 is 1.91 bits per heavy atom. The quantitative estimate of drug-likeness (QED) is 0.170. The topological polar surface area (TPSA) is 16.4 Å². The number of anilines is 3. The van der Waals surface area contributed by atoms with Crippen LogP contribution in [-0.4, -0.2) is 0 Å². The Labute approximate surface area is 322 Å². The van der Waals surface area contributed by atoms with E-state index in [1.807, 2.05) is 23.5 Å². The summed E-state index contributed by atoms with van der Waals surface area (Å²) in [5.74, 6) is 0. The van der Waals surface area contributed by atoms with E-state index in [9.17, 15) is 0 Å². The lowest BCUT2D eigenvalue weighted by atomic mass is 9.95. The summed E-state index contributed by atoms with van der Waals surface area (Å²) in [6, 6.07) is 72.4. The minimum Gasteiger partial charge on any atom is -0.456 e.